The highest BCUT2D eigenvalue weighted by molar-refractivity contribution is 5.95. The Kier molecular flexibility index (Phi) is 2.90. The molecule has 0 fully saturated rings. The van der Waals surface area contributed by atoms with Crippen molar-refractivity contribution in [2.45, 2.75) is 19.3 Å². The molecule has 0 amide bonds. The van der Waals surface area contributed by atoms with Crippen LogP contribution in [0.3, 0.4) is 0 Å². The van der Waals surface area contributed by atoms with Gasteiger partial charge in [-0.15, -0.1) is 0 Å². The first-order chi connectivity index (χ1) is 7.70. The normalized spacial score (nSPS) is 15.2. The van der Waals surface area contributed by atoms with Crippen LogP contribution in [-0.4, -0.2) is 24.3 Å². The van der Waals surface area contributed by atoms with Crippen molar-refractivity contribution >= 4 is 17.9 Å². The zero-order chi connectivity index (χ0) is 11.5. The number of benzene rings is 1. The molecule has 1 aromatic carbocycles. The molecule has 0 bridgehead atoms. The minimum Gasteiger partial charge on any atom is -0.478 e. The van der Waals surface area contributed by atoms with Gasteiger partial charge in [0.15, 0.2) is 0 Å². The van der Waals surface area contributed by atoms with Crippen LogP contribution in [0.2, 0.25) is 0 Å². The fourth-order valence-corrected chi connectivity index (χ4v) is 1.97. The van der Waals surface area contributed by atoms with Crippen molar-refractivity contribution in [3.8, 4) is 0 Å². The quantitative estimate of drug-likeness (QED) is 0.785. The number of carboxylic acids is 1. The van der Waals surface area contributed by atoms with Crippen molar-refractivity contribution in [1.82, 2.24) is 0 Å². The summed E-state index contributed by atoms with van der Waals surface area (Å²) in [6, 6.07) is 5.38. The lowest BCUT2D eigenvalue weighted by Gasteiger charge is -2.21. The van der Waals surface area contributed by atoms with E-state index in [1.807, 2.05) is 12.3 Å². The molecule has 84 valence electrons. The van der Waals surface area contributed by atoms with Crippen LogP contribution in [-0.2, 0) is 6.42 Å². The highest BCUT2D eigenvalue weighted by Crippen LogP contribution is 2.27. The van der Waals surface area contributed by atoms with Gasteiger partial charge in [-0.3, -0.25) is 5.01 Å². The van der Waals surface area contributed by atoms with E-state index in [1.54, 1.807) is 24.2 Å². The van der Waals surface area contributed by atoms with Crippen molar-refractivity contribution in [3.63, 3.8) is 0 Å². The van der Waals surface area contributed by atoms with Crippen molar-refractivity contribution < 1.29 is 9.90 Å². The zero-order valence-electron chi connectivity index (χ0n) is 9.18. The summed E-state index contributed by atoms with van der Waals surface area (Å²) in [6.45, 7) is 0. The highest BCUT2D eigenvalue weighted by Gasteiger charge is 2.17. The molecule has 1 aliphatic rings. The van der Waals surface area contributed by atoms with Crippen LogP contribution in [0.25, 0.3) is 0 Å². The SMILES string of the molecule is CN1N=CCCCc2cccc(C(=O)O)c21. The van der Waals surface area contributed by atoms with Gasteiger partial charge in [-0.1, -0.05) is 12.1 Å². The molecular formula is C12H14N2O2. The highest BCUT2D eigenvalue weighted by atomic mass is 16.4. The average molecular weight is 218 g/mol. The van der Waals surface area contributed by atoms with Crippen molar-refractivity contribution in [2.24, 2.45) is 5.10 Å². The van der Waals surface area contributed by atoms with E-state index in [1.165, 1.54) is 0 Å². The summed E-state index contributed by atoms with van der Waals surface area (Å²) >= 11 is 0. The largest absolute Gasteiger partial charge is 0.478 e. The van der Waals surface area contributed by atoms with Crippen LogP contribution in [0.1, 0.15) is 28.8 Å². The lowest BCUT2D eigenvalue weighted by molar-refractivity contribution is 0.0697. The second kappa shape index (κ2) is 4.35. The van der Waals surface area contributed by atoms with E-state index in [4.69, 9.17) is 5.11 Å². The molecule has 1 aliphatic heterocycles. The van der Waals surface area contributed by atoms with Gasteiger partial charge in [-0.05, 0) is 30.9 Å². The molecule has 0 atom stereocenters. The van der Waals surface area contributed by atoms with Crippen LogP contribution in [0.4, 0.5) is 5.69 Å². The third-order valence-corrected chi connectivity index (χ3v) is 2.71. The Morgan fingerprint density at radius 1 is 1.50 bits per heavy atom. The molecule has 1 aromatic rings. The van der Waals surface area contributed by atoms with Gasteiger partial charge < -0.3 is 5.11 Å². The number of nitrogens with zero attached hydrogens (tertiary/aromatic N) is 2. The molecule has 0 aliphatic carbocycles. The van der Waals surface area contributed by atoms with E-state index in [-0.39, 0.29) is 0 Å². The second-order valence-corrected chi connectivity index (χ2v) is 3.83. The monoisotopic (exact) mass is 218 g/mol. The Balaban J connectivity index is 2.56. The predicted molar refractivity (Wildman–Crippen MR) is 63.2 cm³/mol. The van der Waals surface area contributed by atoms with Crippen LogP contribution in [0.15, 0.2) is 23.3 Å². The van der Waals surface area contributed by atoms with Gasteiger partial charge in [-0.2, -0.15) is 5.10 Å². The summed E-state index contributed by atoms with van der Waals surface area (Å²) < 4.78 is 0. The maximum atomic E-state index is 11.1. The van der Waals surface area contributed by atoms with E-state index >= 15 is 0 Å². The summed E-state index contributed by atoms with van der Waals surface area (Å²) in [5, 5.41) is 15.0. The number of hydrogen-bond donors (Lipinski definition) is 1. The Bertz CT molecular complexity index is 441. The number of para-hydroxylation sites is 1. The molecule has 2 rings (SSSR count). The van der Waals surface area contributed by atoms with Gasteiger partial charge in [0.2, 0.25) is 0 Å². The van der Waals surface area contributed by atoms with Gasteiger partial charge in [-0.25, -0.2) is 4.79 Å². The van der Waals surface area contributed by atoms with Crippen LogP contribution >= 0.6 is 0 Å². The number of carbonyl (C=O) groups is 1. The fourth-order valence-electron chi connectivity index (χ4n) is 1.97. The number of hydrogen-bond acceptors (Lipinski definition) is 3. The Morgan fingerprint density at radius 2 is 2.31 bits per heavy atom. The molecule has 0 saturated carbocycles. The van der Waals surface area contributed by atoms with Crippen molar-refractivity contribution in [3.05, 3.63) is 29.3 Å². The molecular weight excluding hydrogens is 204 g/mol. The number of aryl methyl sites for hydroxylation is 1. The molecule has 0 spiro atoms. The molecule has 0 aromatic heterocycles. The lowest BCUT2D eigenvalue weighted by atomic mass is 10.0. The molecule has 0 radical (unpaired) electrons. The Hall–Kier alpha value is -1.84. The molecule has 16 heavy (non-hydrogen) atoms. The van der Waals surface area contributed by atoms with Gasteiger partial charge in [0.1, 0.15) is 0 Å². The average Bonchev–Trinajstić information content (AvgIpc) is 2.25. The molecule has 1 heterocycles. The number of fused-ring (bicyclic) bond motifs is 1. The third kappa shape index (κ3) is 1.91. The minimum atomic E-state index is -0.903. The number of hydrazone groups is 1. The van der Waals surface area contributed by atoms with Crippen LogP contribution in [0.5, 0.6) is 0 Å². The third-order valence-electron chi connectivity index (χ3n) is 2.71. The topological polar surface area (TPSA) is 52.9 Å². The maximum absolute atomic E-state index is 11.1. The molecule has 4 nitrogen and oxygen atoms in total. The van der Waals surface area contributed by atoms with E-state index in [9.17, 15) is 4.79 Å². The number of anilines is 1. The first-order valence-corrected chi connectivity index (χ1v) is 5.31. The summed E-state index contributed by atoms with van der Waals surface area (Å²) in [6.07, 6.45) is 4.67. The van der Waals surface area contributed by atoms with Crippen LogP contribution < -0.4 is 5.01 Å². The van der Waals surface area contributed by atoms with Gasteiger partial charge in [0.05, 0.1) is 11.3 Å². The minimum absolute atomic E-state index is 0.319. The van der Waals surface area contributed by atoms with E-state index in [2.05, 4.69) is 5.10 Å². The van der Waals surface area contributed by atoms with Gasteiger partial charge >= 0.3 is 5.97 Å². The zero-order valence-corrected chi connectivity index (χ0v) is 9.18. The van der Waals surface area contributed by atoms with Gasteiger partial charge in [0.25, 0.3) is 0 Å². The van der Waals surface area contributed by atoms with E-state index in [0.717, 1.165) is 24.8 Å². The summed E-state index contributed by atoms with van der Waals surface area (Å²) in [4.78, 5) is 11.1. The maximum Gasteiger partial charge on any atom is 0.337 e. The fraction of sp³-hybridized carbons (Fsp3) is 0.333. The number of rotatable bonds is 1. The Labute approximate surface area is 94.2 Å². The molecule has 0 unspecified atom stereocenters. The first kappa shape index (κ1) is 10.7. The molecule has 1 N–H and O–H groups in total. The first-order valence-electron chi connectivity index (χ1n) is 5.31. The van der Waals surface area contributed by atoms with E-state index in [0.29, 0.717) is 11.3 Å². The van der Waals surface area contributed by atoms with E-state index < -0.39 is 5.97 Å². The molecule has 0 saturated heterocycles. The summed E-state index contributed by atoms with van der Waals surface area (Å²) in [7, 11) is 1.78. The summed E-state index contributed by atoms with van der Waals surface area (Å²) in [5.74, 6) is -0.903. The van der Waals surface area contributed by atoms with Crippen molar-refractivity contribution in [1.29, 1.82) is 0 Å². The second-order valence-electron chi connectivity index (χ2n) is 3.83. The van der Waals surface area contributed by atoms with Crippen molar-refractivity contribution in [2.75, 3.05) is 12.1 Å². The predicted octanol–water partition coefficient (Wildman–Crippen LogP) is 2.14. The number of aromatic carboxylic acids is 1. The Morgan fingerprint density at radius 3 is 3.06 bits per heavy atom. The lowest BCUT2D eigenvalue weighted by Crippen LogP contribution is -2.17. The standard InChI is InChI=1S/C12H14N2O2/c1-14-11-9(5-2-3-8-13-14)6-4-7-10(11)12(15)16/h4,6-8H,2-3,5H2,1H3,(H,15,16). The molecule has 4 heteroatoms. The smallest absolute Gasteiger partial charge is 0.337 e. The van der Waals surface area contributed by atoms with Crippen LogP contribution in [0, 0.1) is 0 Å². The van der Waals surface area contributed by atoms with Gasteiger partial charge in [0, 0.05) is 13.3 Å². The summed E-state index contributed by atoms with van der Waals surface area (Å²) in [5.41, 5.74) is 2.09. The number of carboxylic acid groups (broad SMARTS) is 1.